The number of hydrogen-bond acceptors (Lipinski definition) is 3. The maximum atomic E-state index is 13.2. The molecular formula is C13H6F2N4. The first-order chi connectivity index (χ1) is 9.17. The first kappa shape index (κ1) is 11.3. The van der Waals surface area contributed by atoms with Crippen LogP contribution in [0.3, 0.4) is 0 Å². The van der Waals surface area contributed by atoms with Gasteiger partial charge in [-0.3, -0.25) is 0 Å². The second-order valence-electron chi connectivity index (χ2n) is 3.89. The molecule has 0 saturated heterocycles. The average molecular weight is 256 g/mol. The summed E-state index contributed by atoms with van der Waals surface area (Å²) in [6, 6.07) is 8.62. The molecular weight excluding hydrogens is 250 g/mol. The molecule has 3 aromatic rings. The Morgan fingerprint density at radius 3 is 2.68 bits per heavy atom. The molecule has 0 atom stereocenters. The summed E-state index contributed by atoms with van der Waals surface area (Å²) in [6.45, 7) is 0. The van der Waals surface area contributed by atoms with Crippen LogP contribution in [0, 0.1) is 23.0 Å². The average Bonchev–Trinajstić information content (AvgIpc) is 2.84. The predicted octanol–water partition coefficient (Wildman–Crippen LogP) is 2.55. The van der Waals surface area contributed by atoms with E-state index in [1.54, 1.807) is 18.3 Å². The normalized spacial score (nSPS) is 10.6. The van der Waals surface area contributed by atoms with Gasteiger partial charge in [0.1, 0.15) is 0 Å². The van der Waals surface area contributed by atoms with Crippen molar-refractivity contribution in [1.82, 2.24) is 14.6 Å². The van der Waals surface area contributed by atoms with E-state index in [1.807, 2.05) is 6.07 Å². The van der Waals surface area contributed by atoms with Gasteiger partial charge in [-0.15, -0.1) is 5.10 Å². The van der Waals surface area contributed by atoms with E-state index in [1.165, 1.54) is 10.6 Å². The molecule has 6 heteroatoms. The van der Waals surface area contributed by atoms with Crippen molar-refractivity contribution in [2.45, 2.75) is 0 Å². The van der Waals surface area contributed by atoms with Crippen LogP contribution in [0.4, 0.5) is 8.78 Å². The fraction of sp³-hybridized carbons (Fsp3) is 0. The fourth-order valence-corrected chi connectivity index (χ4v) is 1.71. The van der Waals surface area contributed by atoms with Gasteiger partial charge < -0.3 is 0 Å². The van der Waals surface area contributed by atoms with Crippen molar-refractivity contribution in [2.24, 2.45) is 0 Å². The Balaban J connectivity index is 2.15. The van der Waals surface area contributed by atoms with Crippen molar-refractivity contribution >= 4 is 5.65 Å². The zero-order valence-electron chi connectivity index (χ0n) is 9.51. The molecule has 0 amide bonds. The molecule has 92 valence electrons. The molecule has 0 spiro atoms. The highest BCUT2D eigenvalue weighted by Gasteiger charge is 2.10. The number of nitrogens with zero attached hydrogens (tertiary/aromatic N) is 4. The summed E-state index contributed by atoms with van der Waals surface area (Å²) in [6.07, 6.45) is 1.59. The highest BCUT2D eigenvalue weighted by atomic mass is 19.2. The lowest BCUT2D eigenvalue weighted by Crippen LogP contribution is -1.88. The van der Waals surface area contributed by atoms with Crippen molar-refractivity contribution < 1.29 is 8.78 Å². The minimum absolute atomic E-state index is 0.272. The zero-order valence-corrected chi connectivity index (χ0v) is 9.51. The Morgan fingerprint density at radius 1 is 1.11 bits per heavy atom. The second-order valence-corrected chi connectivity index (χ2v) is 3.89. The van der Waals surface area contributed by atoms with Crippen LogP contribution in [0.5, 0.6) is 0 Å². The quantitative estimate of drug-likeness (QED) is 0.672. The molecule has 0 aliphatic carbocycles. The maximum absolute atomic E-state index is 13.2. The number of pyridine rings is 1. The zero-order chi connectivity index (χ0) is 13.4. The van der Waals surface area contributed by atoms with E-state index >= 15 is 0 Å². The summed E-state index contributed by atoms with van der Waals surface area (Å²) in [4.78, 5) is 4.17. The van der Waals surface area contributed by atoms with Gasteiger partial charge in [0.2, 0.25) is 0 Å². The van der Waals surface area contributed by atoms with Crippen LogP contribution in [0.1, 0.15) is 5.56 Å². The van der Waals surface area contributed by atoms with Gasteiger partial charge in [0, 0.05) is 17.8 Å². The number of nitriles is 1. The van der Waals surface area contributed by atoms with Gasteiger partial charge in [-0.05, 0) is 24.3 Å². The molecule has 0 radical (unpaired) electrons. The number of fused-ring (bicyclic) bond motifs is 1. The van der Waals surface area contributed by atoms with E-state index in [-0.39, 0.29) is 5.82 Å². The molecule has 0 saturated carbocycles. The molecule has 2 aromatic heterocycles. The van der Waals surface area contributed by atoms with E-state index < -0.39 is 11.6 Å². The van der Waals surface area contributed by atoms with Gasteiger partial charge in [-0.25, -0.2) is 18.3 Å². The molecule has 4 nitrogen and oxygen atoms in total. The minimum atomic E-state index is -0.950. The van der Waals surface area contributed by atoms with Gasteiger partial charge in [0.25, 0.3) is 0 Å². The first-order valence-electron chi connectivity index (χ1n) is 5.39. The number of hydrogen-bond donors (Lipinski definition) is 0. The van der Waals surface area contributed by atoms with Crippen LogP contribution < -0.4 is 0 Å². The molecule has 1 aromatic carbocycles. The van der Waals surface area contributed by atoms with Gasteiger partial charge in [-0.2, -0.15) is 5.26 Å². The van der Waals surface area contributed by atoms with Crippen molar-refractivity contribution in [1.29, 1.82) is 5.26 Å². The third-order valence-electron chi connectivity index (χ3n) is 2.64. The lowest BCUT2D eigenvalue weighted by Gasteiger charge is -1.95. The van der Waals surface area contributed by atoms with Crippen LogP contribution in [0.15, 0.2) is 36.5 Å². The fourth-order valence-electron chi connectivity index (χ4n) is 1.71. The molecule has 0 bridgehead atoms. The molecule has 3 rings (SSSR count). The van der Waals surface area contributed by atoms with Gasteiger partial charge >= 0.3 is 0 Å². The topological polar surface area (TPSA) is 54.0 Å². The number of benzene rings is 1. The monoisotopic (exact) mass is 256 g/mol. The van der Waals surface area contributed by atoms with E-state index in [0.717, 1.165) is 12.1 Å². The minimum Gasteiger partial charge on any atom is -0.220 e. The summed E-state index contributed by atoms with van der Waals surface area (Å²) in [5.74, 6) is -1.60. The lowest BCUT2D eigenvalue weighted by atomic mass is 10.2. The summed E-state index contributed by atoms with van der Waals surface area (Å²) in [5.41, 5.74) is 1.30. The van der Waals surface area contributed by atoms with Crippen LogP contribution in [0.25, 0.3) is 17.0 Å². The highest BCUT2D eigenvalue weighted by Crippen LogP contribution is 2.19. The Labute approximate surface area is 106 Å². The molecule has 0 unspecified atom stereocenters. The number of rotatable bonds is 1. The van der Waals surface area contributed by atoms with Gasteiger partial charge in [-0.1, -0.05) is 0 Å². The Bertz CT molecular complexity index is 817. The SMILES string of the molecule is N#Cc1ccn2nc(-c3ccc(F)c(F)c3)nc2c1. The van der Waals surface area contributed by atoms with Crippen LogP contribution in [-0.4, -0.2) is 14.6 Å². The molecule has 2 heterocycles. The van der Waals surface area contributed by atoms with Crippen LogP contribution in [0.2, 0.25) is 0 Å². The molecule has 0 N–H and O–H groups in total. The van der Waals surface area contributed by atoms with Crippen molar-refractivity contribution in [3.63, 3.8) is 0 Å². The van der Waals surface area contributed by atoms with E-state index in [2.05, 4.69) is 10.1 Å². The van der Waals surface area contributed by atoms with E-state index in [4.69, 9.17) is 5.26 Å². The standard InChI is InChI=1S/C13H6F2N4/c14-10-2-1-9(6-11(10)15)13-17-12-5-8(7-16)3-4-19(12)18-13/h1-6H. The van der Waals surface area contributed by atoms with Crippen LogP contribution in [-0.2, 0) is 0 Å². The van der Waals surface area contributed by atoms with Crippen molar-refractivity contribution in [3.05, 3.63) is 53.7 Å². The van der Waals surface area contributed by atoms with E-state index in [9.17, 15) is 8.78 Å². The smallest absolute Gasteiger partial charge is 0.182 e. The number of aromatic nitrogens is 3. The van der Waals surface area contributed by atoms with Crippen molar-refractivity contribution in [3.8, 4) is 17.5 Å². The first-order valence-corrected chi connectivity index (χ1v) is 5.39. The summed E-state index contributed by atoms with van der Waals surface area (Å²) >= 11 is 0. The van der Waals surface area contributed by atoms with E-state index in [0.29, 0.717) is 16.8 Å². The second kappa shape index (κ2) is 4.14. The lowest BCUT2D eigenvalue weighted by molar-refractivity contribution is 0.509. The summed E-state index contributed by atoms with van der Waals surface area (Å²) in [7, 11) is 0. The summed E-state index contributed by atoms with van der Waals surface area (Å²) in [5, 5.41) is 12.9. The summed E-state index contributed by atoms with van der Waals surface area (Å²) < 4.78 is 27.5. The Hall–Kier alpha value is -2.81. The molecule has 0 aliphatic rings. The molecule has 19 heavy (non-hydrogen) atoms. The molecule has 0 fully saturated rings. The maximum Gasteiger partial charge on any atom is 0.182 e. The Kier molecular flexibility index (Phi) is 2.46. The largest absolute Gasteiger partial charge is 0.220 e. The predicted molar refractivity (Wildman–Crippen MR) is 63.1 cm³/mol. The van der Waals surface area contributed by atoms with Crippen LogP contribution >= 0.6 is 0 Å². The van der Waals surface area contributed by atoms with Gasteiger partial charge in [0.05, 0.1) is 11.6 Å². The third kappa shape index (κ3) is 1.91. The third-order valence-corrected chi connectivity index (χ3v) is 2.64. The molecule has 0 aliphatic heterocycles. The van der Waals surface area contributed by atoms with Gasteiger partial charge in [0.15, 0.2) is 23.1 Å². The van der Waals surface area contributed by atoms with Crippen molar-refractivity contribution in [2.75, 3.05) is 0 Å². The Morgan fingerprint density at radius 2 is 1.95 bits per heavy atom. The highest BCUT2D eigenvalue weighted by molar-refractivity contribution is 5.59. The number of halogens is 2.